The standard InChI is InChI=1S/C12H17ClN2O/c1-3-6-14-12(16)8-15-11-5-4-10(13)7-9(11)2/h4-5,7,15H,3,6,8H2,1-2H3,(H,14,16). The minimum absolute atomic E-state index is 0.0104. The highest BCUT2D eigenvalue weighted by atomic mass is 35.5. The summed E-state index contributed by atoms with van der Waals surface area (Å²) < 4.78 is 0. The van der Waals surface area contributed by atoms with Gasteiger partial charge in [0.25, 0.3) is 0 Å². The number of carbonyl (C=O) groups excluding carboxylic acids is 1. The Kier molecular flexibility index (Phi) is 5.12. The Bertz CT molecular complexity index is 366. The van der Waals surface area contributed by atoms with Gasteiger partial charge in [0.2, 0.25) is 5.91 Å². The summed E-state index contributed by atoms with van der Waals surface area (Å²) in [6.07, 6.45) is 0.950. The molecule has 0 aliphatic rings. The van der Waals surface area contributed by atoms with E-state index in [0.29, 0.717) is 11.6 Å². The van der Waals surface area contributed by atoms with Gasteiger partial charge in [-0.3, -0.25) is 4.79 Å². The summed E-state index contributed by atoms with van der Waals surface area (Å²) in [7, 11) is 0. The van der Waals surface area contributed by atoms with Crippen molar-refractivity contribution in [2.45, 2.75) is 20.3 Å². The zero-order valence-electron chi connectivity index (χ0n) is 9.64. The fourth-order valence-corrected chi connectivity index (χ4v) is 1.55. The molecule has 1 aromatic carbocycles. The lowest BCUT2D eigenvalue weighted by atomic mass is 10.2. The molecule has 0 unspecified atom stereocenters. The molecule has 0 bridgehead atoms. The molecule has 0 aliphatic heterocycles. The molecule has 1 amide bonds. The van der Waals surface area contributed by atoms with Gasteiger partial charge < -0.3 is 10.6 Å². The van der Waals surface area contributed by atoms with Gasteiger partial charge in [-0.1, -0.05) is 18.5 Å². The number of rotatable bonds is 5. The van der Waals surface area contributed by atoms with Gasteiger partial charge in [-0.15, -0.1) is 0 Å². The minimum atomic E-state index is 0.0104. The van der Waals surface area contributed by atoms with Crippen LogP contribution in [-0.4, -0.2) is 19.0 Å². The molecular formula is C12H17ClN2O. The first-order valence-electron chi connectivity index (χ1n) is 5.40. The van der Waals surface area contributed by atoms with Crippen molar-refractivity contribution in [1.82, 2.24) is 5.32 Å². The van der Waals surface area contributed by atoms with E-state index in [1.807, 2.05) is 26.0 Å². The van der Waals surface area contributed by atoms with Crippen LogP contribution in [0.3, 0.4) is 0 Å². The van der Waals surface area contributed by atoms with E-state index in [1.165, 1.54) is 0 Å². The third-order valence-corrected chi connectivity index (χ3v) is 2.44. The van der Waals surface area contributed by atoms with Crippen LogP contribution < -0.4 is 10.6 Å². The fraction of sp³-hybridized carbons (Fsp3) is 0.417. The highest BCUT2D eigenvalue weighted by Crippen LogP contribution is 2.19. The quantitative estimate of drug-likeness (QED) is 0.831. The normalized spacial score (nSPS) is 9.94. The van der Waals surface area contributed by atoms with Crippen molar-refractivity contribution in [2.24, 2.45) is 0 Å². The van der Waals surface area contributed by atoms with Gasteiger partial charge in [0.05, 0.1) is 6.54 Å². The molecule has 1 rings (SSSR count). The van der Waals surface area contributed by atoms with Gasteiger partial charge in [-0.25, -0.2) is 0 Å². The third kappa shape index (κ3) is 4.11. The molecule has 0 aliphatic carbocycles. The van der Waals surface area contributed by atoms with Crippen LogP contribution in [0.2, 0.25) is 5.02 Å². The molecule has 1 aromatic rings. The highest BCUT2D eigenvalue weighted by molar-refractivity contribution is 6.30. The van der Waals surface area contributed by atoms with E-state index in [-0.39, 0.29) is 5.91 Å². The Morgan fingerprint density at radius 1 is 1.44 bits per heavy atom. The van der Waals surface area contributed by atoms with Crippen molar-refractivity contribution in [3.05, 3.63) is 28.8 Å². The Morgan fingerprint density at radius 2 is 2.19 bits per heavy atom. The number of benzene rings is 1. The molecule has 0 aromatic heterocycles. The van der Waals surface area contributed by atoms with Crippen LogP contribution in [0.1, 0.15) is 18.9 Å². The second-order valence-electron chi connectivity index (χ2n) is 3.66. The first-order chi connectivity index (χ1) is 7.63. The van der Waals surface area contributed by atoms with E-state index in [0.717, 1.165) is 24.2 Å². The van der Waals surface area contributed by atoms with Gasteiger partial charge in [-0.05, 0) is 37.1 Å². The van der Waals surface area contributed by atoms with Gasteiger partial charge >= 0.3 is 0 Å². The maximum absolute atomic E-state index is 11.4. The molecule has 88 valence electrons. The molecule has 0 atom stereocenters. The first-order valence-corrected chi connectivity index (χ1v) is 5.78. The molecule has 2 N–H and O–H groups in total. The van der Waals surface area contributed by atoms with Gasteiger partial charge in [0.1, 0.15) is 0 Å². The summed E-state index contributed by atoms with van der Waals surface area (Å²) in [4.78, 5) is 11.4. The summed E-state index contributed by atoms with van der Waals surface area (Å²) in [6.45, 7) is 5.00. The van der Waals surface area contributed by atoms with Crippen LogP contribution in [0.25, 0.3) is 0 Å². The molecule has 0 fully saturated rings. The Hall–Kier alpha value is -1.22. The molecule has 0 saturated heterocycles. The third-order valence-electron chi connectivity index (χ3n) is 2.20. The minimum Gasteiger partial charge on any atom is -0.376 e. The Balaban J connectivity index is 2.45. The summed E-state index contributed by atoms with van der Waals surface area (Å²) in [5, 5.41) is 6.59. The second kappa shape index (κ2) is 6.38. The number of amides is 1. The summed E-state index contributed by atoms with van der Waals surface area (Å²) in [6, 6.07) is 5.56. The van der Waals surface area contributed by atoms with Crippen LogP contribution in [0.4, 0.5) is 5.69 Å². The second-order valence-corrected chi connectivity index (χ2v) is 4.10. The zero-order chi connectivity index (χ0) is 12.0. The van der Waals surface area contributed by atoms with E-state index in [1.54, 1.807) is 6.07 Å². The molecule has 4 heteroatoms. The predicted octanol–water partition coefficient (Wildman–Crippen LogP) is 2.59. The molecule has 0 spiro atoms. The summed E-state index contributed by atoms with van der Waals surface area (Å²) in [5.41, 5.74) is 1.98. The lowest BCUT2D eigenvalue weighted by Gasteiger charge is -2.09. The largest absolute Gasteiger partial charge is 0.376 e. The Labute approximate surface area is 101 Å². The van der Waals surface area contributed by atoms with E-state index < -0.39 is 0 Å². The average Bonchev–Trinajstić information content (AvgIpc) is 2.25. The highest BCUT2D eigenvalue weighted by Gasteiger charge is 2.02. The molecule has 0 heterocycles. The van der Waals surface area contributed by atoms with Crippen LogP contribution in [0.15, 0.2) is 18.2 Å². The van der Waals surface area contributed by atoms with Crippen LogP contribution in [0, 0.1) is 6.92 Å². The number of hydrogen-bond acceptors (Lipinski definition) is 2. The number of hydrogen-bond donors (Lipinski definition) is 2. The van der Waals surface area contributed by atoms with E-state index in [9.17, 15) is 4.79 Å². The zero-order valence-corrected chi connectivity index (χ0v) is 10.4. The van der Waals surface area contributed by atoms with E-state index in [4.69, 9.17) is 11.6 Å². The molecule has 0 radical (unpaired) electrons. The van der Waals surface area contributed by atoms with Crippen molar-refractivity contribution in [1.29, 1.82) is 0 Å². The lowest BCUT2D eigenvalue weighted by Crippen LogP contribution is -2.30. The van der Waals surface area contributed by atoms with Crippen molar-refractivity contribution in [3.8, 4) is 0 Å². The lowest BCUT2D eigenvalue weighted by molar-refractivity contribution is -0.119. The van der Waals surface area contributed by atoms with E-state index in [2.05, 4.69) is 10.6 Å². The van der Waals surface area contributed by atoms with Gasteiger partial charge in [0.15, 0.2) is 0 Å². The monoisotopic (exact) mass is 240 g/mol. The maximum atomic E-state index is 11.4. The molecular weight excluding hydrogens is 224 g/mol. The summed E-state index contributed by atoms with van der Waals surface area (Å²) >= 11 is 5.84. The number of aryl methyl sites for hydroxylation is 1. The average molecular weight is 241 g/mol. The number of nitrogens with one attached hydrogen (secondary N) is 2. The first kappa shape index (κ1) is 12.8. The fourth-order valence-electron chi connectivity index (χ4n) is 1.33. The number of halogens is 1. The van der Waals surface area contributed by atoms with Crippen LogP contribution in [-0.2, 0) is 4.79 Å². The van der Waals surface area contributed by atoms with Gasteiger partial charge in [0, 0.05) is 17.3 Å². The predicted molar refractivity (Wildman–Crippen MR) is 68.0 cm³/mol. The molecule has 16 heavy (non-hydrogen) atoms. The van der Waals surface area contributed by atoms with Crippen LogP contribution >= 0.6 is 11.6 Å². The van der Waals surface area contributed by atoms with Crippen molar-refractivity contribution in [2.75, 3.05) is 18.4 Å². The molecule has 0 saturated carbocycles. The van der Waals surface area contributed by atoms with Crippen molar-refractivity contribution in [3.63, 3.8) is 0 Å². The topological polar surface area (TPSA) is 41.1 Å². The van der Waals surface area contributed by atoms with Gasteiger partial charge in [-0.2, -0.15) is 0 Å². The van der Waals surface area contributed by atoms with Crippen molar-refractivity contribution < 1.29 is 4.79 Å². The van der Waals surface area contributed by atoms with E-state index >= 15 is 0 Å². The maximum Gasteiger partial charge on any atom is 0.239 e. The summed E-state index contributed by atoms with van der Waals surface area (Å²) in [5.74, 6) is 0.0104. The SMILES string of the molecule is CCCNC(=O)CNc1ccc(Cl)cc1C. The number of anilines is 1. The van der Waals surface area contributed by atoms with Crippen LogP contribution in [0.5, 0.6) is 0 Å². The number of carbonyl (C=O) groups is 1. The Morgan fingerprint density at radius 3 is 2.81 bits per heavy atom. The van der Waals surface area contributed by atoms with Crippen molar-refractivity contribution >= 4 is 23.2 Å². The molecule has 3 nitrogen and oxygen atoms in total. The smallest absolute Gasteiger partial charge is 0.239 e.